The molecule has 0 bridgehead atoms. The third-order valence-corrected chi connectivity index (χ3v) is 2.85. The molecule has 1 aromatic carbocycles. The maximum Gasteiger partial charge on any atom is 0.573 e. The van der Waals surface area contributed by atoms with E-state index in [0.29, 0.717) is 5.69 Å². The van der Waals surface area contributed by atoms with Crippen LogP contribution in [0.2, 0.25) is 0 Å². The number of likely N-dealkylation sites (N-methyl/N-ethyl adjacent to an activating group) is 1. The van der Waals surface area contributed by atoms with Gasteiger partial charge in [-0.05, 0) is 45.0 Å². The predicted octanol–water partition coefficient (Wildman–Crippen LogP) is 2.37. The second-order valence-electron chi connectivity index (χ2n) is 6.47. The zero-order chi connectivity index (χ0) is 19.3. The van der Waals surface area contributed by atoms with E-state index < -0.39 is 6.36 Å². The van der Waals surface area contributed by atoms with Crippen LogP contribution in [0.15, 0.2) is 24.3 Å². The summed E-state index contributed by atoms with van der Waals surface area (Å²) in [7, 11) is 1.49. The molecule has 0 unspecified atom stereocenters. The highest BCUT2D eigenvalue weighted by Crippen LogP contribution is 2.23. The van der Waals surface area contributed by atoms with E-state index in [1.165, 1.54) is 24.1 Å². The van der Waals surface area contributed by atoms with E-state index in [9.17, 15) is 22.8 Å². The predicted molar refractivity (Wildman–Crippen MR) is 87.1 cm³/mol. The number of rotatable bonds is 6. The normalized spacial score (nSPS) is 11.6. The van der Waals surface area contributed by atoms with Gasteiger partial charge in [0.25, 0.3) is 0 Å². The molecule has 25 heavy (non-hydrogen) atoms. The van der Waals surface area contributed by atoms with Crippen molar-refractivity contribution in [3.8, 4) is 5.75 Å². The number of carbonyl (C=O) groups excluding carboxylic acids is 2. The summed E-state index contributed by atoms with van der Waals surface area (Å²) < 4.78 is 40.0. The minimum absolute atomic E-state index is 0.0872. The lowest BCUT2D eigenvalue weighted by molar-refractivity contribution is -0.274. The van der Waals surface area contributed by atoms with Gasteiger partial charge < -0.3 is 20.3 Å². The van der Waals surface area contributed by atoms with E-state index in [4.69, 9.17) is 0 Å². The van der Waals surface area contributed by atoms with Crippen molar-refractivity contribution in [3.63, 3.8) is 0 Å². The maximum atomic E-state index is 12.1. The molecule has 0 aromatic heterocycles. The Kier molecular flexibility index (Phi) is 6.66. The number of anilines is 1. The van der Waals surface area contributed by atoms with Crippen LogP contribution in [0.1, 0.15) is 20.8 Å². The Labute approximate surface area is 144 Å². The smallest absolute Gasteiger partial charge is 0.406 e. The molecule has 1 aromatic rings. The minimum Gasteiger partial charge on any atom is -0.406 e. The number of carbonyl (C=O) groups is 2. The summed E-state index contributed by atoms with van der Waals surface area (Å²) in [6.07, 6.45) is -4.75. The Bertz CT molecular complexity index is 595. The largest absolute Gasteiger partial charge is 0.573 e. The van der Waals surface area contributed by atoms with Crippen molar-refractivity contribution in [1.82, 2.24) is 10.2 Å². The highest BCUT2D eigenvalue weighted by molar-refractivity contribution is 5.86. The van der Waals surface area contributed by atoms with Crippen molar-refractivity contribution in [2.45, 2.75) is 32.7 Å². The van der Waals surface area contributed by atoms with E-state index in [1.54, 1.807) is 0 Å². The molecule has 0 spiro atoms. The van der Waals surface area contributed by atoms with E-state index in [2.05, 4.69) is 15.4 Å². The van der Waals surface area contributed by atoms with Gasteiger partial charge in [-0.2, -0.15) is 0 Å². The number of hydrogen-bond donors (Lipinski definition) is 2. The second-order valence-corrected chi connectivity index (χ2v) is 6.47. The number of nitrogens with zero attached hydrogens (tertiary/aromatic N) is 1. The van der Waals surface area contributed by atoms with Crippen LogP contribution in [0.4, 0.5) is 18.9 Å². The molecule has 6 nitrogen and oxygen atoms in total. The number of alkyl halides is 3. The first kappa shape index (κ1) is 20.6. The number of amides is 2. The van der Waals surface area contributed by atoms with Crippen LogP contribution >= 0.6 is 0 Å². The monoisotopic (exact) mass is 361 g/mol. The number of benzene rings is 1. The Hall–Kier alpha value is -2.45. The van der Waals surface area contributed by atoms with E-state index in [1.807, 2.05) is 20.8 Å². The first-order chi connectivity index (χ1) is 11.4. The summed E-state index contributed by atoms with van der Waals surface area (Å²) in [6.45, 7) is 5.32. The van der Waals surface area contributed by atoms with Crippen molar-refractivity contribution in [2.24, 2.45) is 0 Å². The summed E-state index contributed by atoms with van der Waals surface area (Å²) in [6, 6.07) is 5.00. The average Bonchev–Trinajstić information content (AvgIpc) is 2.42. The van der Waals surface area contributed by atoms with E-state index in [0.717, 1.165) is 12.1 Å². The summed E-state index contributed by atoms with van der Waals surface area (Å²) in [5.74, 6) is -0.961. The maximum absolute atomic E-state index is 12.1. The number of nitrogens with one attached hydrogen (secondary N) is 2. The second kappa shape index (κ2) is 8.09. The van der Waals surface area contributed by atoms with Crippen molar-refractivity contribution in [3.05, 3.63) is 24.3 Å². The summed E-state index contributed by atoms with van der Waals surface area (Å²) in [5.41, 5.74) is 0.0647. The summed E-state index contributed by atoms with van der Waals surface area (Å²) in [5, 5.41) is 5.52. The summed E-state index contributed by atoms with van der Waals surface area (Å²) >= 11 is 0. The third-order valence-electron chi connectivity index (χ3n) is 2.85. The van der Waals surface area contributed by atoms with Crippen molar-refractivity contribution < 1.29 is 27.5 Å². The Morgan fingerprint density at radius 1 is 1.12 bits per heavy atom. The van der Waals surface area contributed by atoms with Crippen LogP contribution in [-0.4, -0.2) is 48.8 Å². The molecule has 0 heterocycles. The third kappa shape index (κ3) is 8.83. The van der Waals surface area contributed by atoms with Crippen molar-refractivity contribution >= 4 is 17.5 Å². The molecule has 0 radical (unpaired) electrons. The molecule has 2 amide bonds. The number of halogens is 3. The van der Waals surface area contributed by atoms with Gasteiger partial charge >= 0.3 is 6.36 Å². The molecule has 1 rings (SSSR count). The molecule has 0 aliphatic rings. The van der Waals surface area contributed by atoms with Crippen molar-refractivity contribution in [1.29, 1.82) is 0 Å². The number of hydrogen-bond acceptors (Lipinski definition) is 4. The Morgan fingerprint density at radius 2 is 1.68 bits per heavy atom. The lowest BCUT2D eigenvalue weighted by Gasteiger charge is -2.23. The van der Waals surface area contributed by atoms with Crippen LogP contribution in [0.3, 0.4) is 0 Å². The SMILES string of the molecule is CN(CC(=O)NC(C)(C)C)C(=O)CNc1ccc(OC(F)(F)F)cc1. The molecule has 0 fully saturated rings. The van der Waals surface area contributed by atoms with Gasteiger partial charge in [0.2, 0.25) is 11.8 Å². The Balaban J connectivity index is 2.46. The Morgan fingerprint density at radius 3 is 2.16 bits per heavy atom. The molecular weight excluding hydrogens is 339 g/mol. The molecular formula is C16H22F3N3O3. The fraction of sp³-hybridized carbons (Fsp3) is 0.500. The van der Waals surface area contributed by atoms with E-state index in [-0.39, 0.29) is 36.2 Å². The van der Waals surface area contributed by atoms with Crippen LogP contribution in [0.25, 0.3) is 0 Å². The van der Waals surface area contributed by atoms with Gasteiger partial charge in [0.1, 0.15) is 5.75 Å². The van der Waals surface area contributed by atoms with Crippen molar-refractivity contribution in [2.75, 3.05) is 25.5 Å². The van der Waals surface area contributed by atoms with Crippen LogP contribution in [-0.2, 0) is 9.59 Å². The molecule has 140 valence electrons. The van der Waals surface area contributed by atoms with Crippen LogP contribution < -0.4 is 15.4 Å². The first-order valence-corrected chi connectivity index (χ1v) is 7.50. The van der Waals surface area contributed by atoms with Gasteiger partial charge in [-0.1, -0.05) is 0 Å². The molecule has 0 aliphatic heterocycles. The minimum atomic E-state index is -4.75. The molecule has 9 heteroatoms. The topological polar surface area (TPSA) is 70.7 Å². The standard InChI is InChI=1S/C16H22F3N3O3/c1-15(2,3)21-13(23)10-22(4)14(24)9-20-11-5-7-12(8-6-11)25-16(17,18)19/h5-8,20H,9-10H2,1-4H3,(H,21,23). The quantitative estimate of drug-likeness (QED) is 0.816. The zero-order valence-electron chi connectivity index (χ0n) is 14.5. The number of ether oxygens (including phenoxy) is 1. The fourth-order valence-corrected chi connectivity index (χ4v) is 1.85. The molecule has 0 aliphatic carbocycles. The average molecular weight is 361 g/mol. The van der Waals surface area contributed by atoms with Gasteiger partial charge in [-0.25, -0.2) is 0 Å². The van der Waals surface area contributed by atoms with Gasteiger partial charge in [-0.3, -0.25) is 9.59 Å². The lowest BCUT2D eigenvalue weighted by atomic mass is 10.1. The van der Waals surface area contributed by atoms with E-state index >= 15 is 0 Å². The summed E-state index contributed by atoms with van der Waals surface area (Å²) in [4.78, 5) is 25.0. The fourth-order valence-electron chi connectivity index (χ4n) is 1.85. The molecule has 0 saturated heterocycles. The molecule has 0 saturated carbocycles. The molecule has 0 atom stereocenters. The van der Waals surface area contributed by atoms with Gasteiger partial charge in [-0.15, -0.1) is 13.2 Å². The highest BCUT2D eigenvalue weighted by Gasteiger charge is 2.30. The van der Waals surface area contributed by atoms with Gasteiger partial charge in [0, 0.05) is 18.3 Å². The highest BCUT2D eigenvalue weighted by atomic mass is 19.4. The lowest BCUT2D eigenvalue weighted by Crippen LogP contribution is -2.47. The molecule has 2 N–H and O–H groups in total. The first-order valence-electron chi connectivity index (χ1n) is 7.50. The zero-order valence-corrected chi connectivity index (χ0v) is 14.5. The van der Waals surface area contributed by atoms with Gasteiger partial charge in [0.05, 0.1) is 13.1 Å². The van der Waals surface area contributed by atoms with Crippen LogP contribution in [0, 0.1) is 0 Å². The van der Waals surface area contributed by atoms with Crippen LogP contribution in [0.5, 0.6) is 5.75 Å². The van der Waals surface area contributed by atoms with Gasteiger partial charge in [0.15, 0.2) is 0 Å².